The van der Waals surface area contributed by atoms with Gasteiger partial charge < -0.3 is 15.3 Å². The monoisotopic (exact) mass is 557 g/mol. The Hall–Kier alpha value is -0.130. The fourth-order valence-electron chi connectivity index (χ4n) is 2.82. The van der Waals surface area contributed by atoms with Crippen LogP contribution in [0.5, 0.6) is 5.75 Å². The van der Waals surface area contributed by atoms with E-state index in [0.29, 0.717) is 31.3 Å². The van der Waals surface area contributed by atoms with Crippen LogP contribution in [-0.2, 0) is 11.3 Å². The first-order valence-corrected chi connectivity index (χ1v) is 10.4. The molecule has 0 unspecified atom stereocenters. The quantitative estimate of drug-likeness (QED) is 0.418. The molecule has 1 aromatic rings. The normalized spacial score (nSPS) is 16.0. The van der Waals surface area contributed by atoms with Crippen LogP contribution in [0.4, 0.5) is 0 Å². The van der Waals surface area contributed by atoms with Gasteiger partial charge in [-0.1, -0.05) is 0 Å². The molecule has 1 amide bonds. The predicted octanol–water partition coefficient (Wildman–Crippen LogP) is 2.63. The van der Waals surface area contributed by atoms with Crippen molar-refractivity contribution in [1.82, 2.24) is 15.1 Å². The summed E-state index contributed by atoms with van der Waals surface area (Å²) < 4.78 is 1.96. The van der Waals surface area contributed by atoms with E-state index >= 15 is 0 Å². The Kier molecular flexibility index (Phi) is 8.02. The van der Waals surface area contributed by atoms with Crippen LogP contribution in [0.15, 0.2) is 12.1 Å². The molecule has 1 fully saturated rings. The number of benzene rings is 1. The lowest BCUT2D eigenvalue weighted by atomic mass is 10.2. The Labute approximate surface area is 171 Å². The molecule has 1 aliphatic heterocycles. The van der Waals surface area contributed by atoms with Crippen molar-refractivity contribution < 1.29 is 9.90 Å². The Bertz CT molecular complexity index is 573. The molecule has 0 radical (unpaired) electrons. The van der Waals surface area contributed by atoms with Crippen LogP contribution in [-0.4, -0.2) is 59.6 Å². The second-order valence-electron chi connectivity index (χ2n) is 6.33. The van der Waals surface area contributed by atoms with Gasteiger partial charge in [-0.3, -0.25) is 9.69 Å². The predicted molar refractivity (Wildman–Crippen MR) is 113 cm³/mol. The van der Waals surface area contributed by atoms with Crippen LogP contribution >= 0.6 is 45.2 Å². The number of rotatable bonds is 6. The lowest BCUT2D eigenvalue weighted by Gasteiger charge is -2.37. The number of amides is 1. The third-order valence-corrected chi connectivity index (χ3v) is 5.78. The number of carbonyl (C=O) groups is 1. The maximum atomic E-state index is 12.3. The van der Waals surface area contributed by atoms with Gasteiger partial charge in [0.15, 0.2) is 0 Å². The molecule has 134 valence electrons. The summed E-state index contributed by atoms with van der Waals surface area (Å²) in [5, 5.41) is 13.3. The molecule has 0 aliphatic carbocycles. The van der Waals surface area contributed by atoms with Crippen LogP contribution in [0.25, 0.3) is 0 Å². The summed E-state index contributed by atoms with van der Waals surface area (Å²) in [6, 6.07) is 4.46. The molecule has 7 heteroatoms. The number of halogens is 2. The zero-order valence-corrected chi connectivity index (χ0v) is 18.5. The second-order valence-corrected chi connectivity index (χ2v) is 8.74. The molecule has 0 saturated carbocycles. The Balaban J connectivity index is 1.72. The van der Waals surface area contributed by atoms with Gasteiger partial charge in [0, 0.05) is 60.9 Å². The molecule has 0 atom stereocenters. The maximum absolute atomic E-state index is 12.3. The fraction of sp³-hybridized carbons (Fsp3) is 0.588. The lowest BCUT2D eigenvalue weighted by Crippen LogP contribution is -2.51. The number of nitrogens with one attached hydrogen (secondary N) is 1. The minimum absolute atomic E-state index is 0.215. The summed E-state index contributed by atoms with van der Waals surface area (Å²) in [7, 11) is 0. The molecule has 2 N–H and O–H groups in total. The SMILES string of the molecule is CC(C)N1CCN(C(=O)CCNCc2cc(I)cc(I)c2O)CC1. The first-order chi connectivity index (χ1) is 11.4. The maximum Gasteiger partial charge on any atom is 0.223 e. The van der Waals surface area contributed by atoms with Crippen molar-refractivity contribution in [2.45, 2.75) is 32.9 Å². The summed E-state index contributed by atoms with van der Waals surface area (Å²) in [4.78, 5) is 16.6. The third kappa shape index (κ3) is 5.70. The zero-order chi connectivity index (χ0) is 17.7. The van der Waals surface area contributed by atoms with E-state index in [1.165, 1.54) is 0 Å². The molecular formula is C17H25I2N3O2. The van der Waals surface area contributed by atoms with Gasteiger partial charge in [0.25, 0.3) is 0 Å². The summed E-state index contributed by atoms with van der Waals surface area (Å²) in [6.07, 6.45) is 0.503. The number of nitrogens with zero attached hydrogens (tertiary/aromatic N) is 2. The van der Waals surface area contributed by atoms with Crippen LogP contribution in [0.3, 0.4) is 0 Å². The van der Waals surface area contributed by atoms with E-state index in [0.717, 1.165) is 38.9 Å². The van der Waals surface area contributed by atoms with E-state index in [9.17, 15) is 9.90 Å². The molecule has 1 aromatic carbocycles. The standard InChI is InChI=1S/C17H25I2N3O2/c1-12(2)21-5-7-22(8-6-21)16(23)3-4-20-11-13-9-14(18)10-15(19)17(13)24/h9-10,12,20,24H,3-8,11H2,1-2H3. The van der Waals surface area contributed by atoms with Gasteiger partial charge in [0.05, 0.1) is 3.57 Å². The Morgan fingerprint density at radius 2 is 1.92 bits per heavy atom. The highest BCUT2D eigenvalue weighted by Gasteiger charge is 2.21. The van der Waals surface area contributed by atoms with Crippen LogP contribution < -0.4 is 5.32 Å². The highest BCUT2D eigenvalue weighted by atomic mass is 127. The molecule has 0 aromatic heterocycles. The van der Waals surface area contributed by atoms with Crippen molar-refractivity contribution >= 4 is 51.1 Å². The summed E-state index contributed by atoms with van der Waals surface area (Å²) in [6.45, 7) is 9.18. The molecule has 1 heterocycles. The summed E-state index contributed by atoms with van der Waals surface area (Å²) in [5.41, 5.74) is 0.879. The Morgan fingerprint density at radius 3 is 2.54 bits per heavy atom. The summed E-state index contributed by atoms with van der Waals surface area (Å²) >= 11 is 4.38. The van der Waals surface area contributed by atoms with Crippen LogP contribution in [0.1, 0.15) is 25.8 Å². The highest BCUT2D eigenvalue weighted by Crippen LogP contribution is 2.26. The molecule has 1 aliphatic rings. The van der Waals surface area contributed by atoms with Crippen molar-refractivity contribution in [2.75, 3.05) is 32.7 Å². The number of phenols is 1. The van der Waals surface area contributed by atoms with Gasteiger partial charge in [-0.25, -0.2) is 0 Å². The van der Waals surface area contributed by atoms with E-state index in [1.807, 2.05) is 17.0 Å². The molecule has 0 bridgehead atoms. The van der Waals surface area contributed by atoms with E-state index in [-0.39, 0.29) is 5.91 Å². The fourth-order valence-corrected chi connectivity index (χ4v) is 4.78. The molecule has 1 saturated heterocycles. The first kappa shape index (κ1) is 20.2. The van der Waals surface area contributed by atoms with Gasteiger partial charge in [-0.2, -0.15) is 0 Å². The van der Waals surface area contributed by atoms with Crippen molar-refractivity contribution in [3.8, 4) is 5.75 Å². The van der Waals surface area contributed by atoms with Crippen LogP contribution in [0, 0.1) is 7.14 Å². The molecular weight excluding hydrogens is 532 g/mol. The van der Waals surface area contributed by atoms with Gasteiger partial charge in [-0.05, 0) is 71.2 Å². The number of hydrogen-bond acceptors (Lipinski definition) is 4. The van der Waals surface area contributed by atoms with Gasteiger partial charge in [-0.15, -0.1) is 0 Å². The third-order valence-electron chi connectivity index (χ3n) is 4.34. The minimum atomic E-state index is 0.215. The smallest absolute Gasteiger partial charge is 0.223 e. The van der Waals surface area contributed by atoms with Gasteiger partial charge in [0.1, 0.15) is 5.75 Å². The Morgan fingerprint density at radius 1 is 1.25 bits per heavy atom. The van der Waals surface area contributed by atoms with Gasteiger partial charge >= 0.3 is 0 Å². The number of carbonyl (C=O) groups excluding carboxylic acids is 1. The molecule has 24 heavy (non-hydrogen) atoms. The van der Waals surface area contributed by atoms with Crippen molar-refractivity contribution in [2.24, 2.45) is 0 Å². The minimum Gasteiger partial charge on any atom is -0.507 e. The first-order valence-electron chi connectivity index (χ1n) is 8.28. The van der Waals surface area contributed by atoms with E-state index in [2.05, 4.69) is 69.2 Å². The summed E-state index contributed by atoms with van der Waals surface area (Å²) in [5.74, 6) is 0.548. The molecule has 0 spiro atoms. The highest BCUT2D eigenvalue weighted by molar-refractivity contribution is 14.1. The van der Waals surface area contributed by atoms with Crippen LogP contribution in [0.2, 0.25) is 0 Å². The average Bonchev–Trinajstić information content (AvgIpc) is 2.55. The van der Waals surface area contributed by atoms with E-state index in [4.69, 9.17) is 0 Å². The van der Waals surface area contributed by atoms with Crippen molar-refractivity contribution in [3.05, 3.63) is 24.8 Å². The molecule has 5 nitrogen and oxygen atoms in total. The number of hydrogen-bond donors (Lipinski definition) is 2. The largest absolute Gasteiger partial charge is 0.507 e. The number of aromatic hydroxyl groups is 1. The molecule has 2 rings (SSSR count). The number of phenolic OH excluding ortho intramolecular Hbond substituents is 1. The number of piperazine rings is 1. The average molecular weight is 557 g/mol. The van der Waals surface area contributed by atoms with Gasteiger partial charge in [0.2, 0.25) is 5.91 Å². The van der Waals surface area contributed by atoms with E-state index in [1.54, 1.807) is 0 Å². The van der Waals surface area contributed by atoms with Crippen molar-refractivity contribution in [1.29, 1.82) is 0 Å². The van der Waals surface area contributed by atoms with Crippen molar-refractivity contribution in [3.63, 3.8) is 0 Å². The van der Waals surface area contributed by atoms with E-state index < -0.39 is 0 Å². The lowest BCUT2D eigenvalue weighted by molar-refractivity contribution is -0.133. The zero-order valence-electron chi connectivity index (χ0n) is 14.2. The topological polar surface area (TPSA) is 55.8 Å². The second kappa shape index (κ2) is 9.54.